The Labute approximate surface area is 200 Å². The molecule has 5 rings (SSSR count). The normalized spacial score (nSPS) is 10.9. The van der Waals surface area contributed by atoms with Crippen molar-refractivity contribution in [1.82, 2.24) is 15.0 Å². The highest BCUT2D eigenvalue weighted by molar-refractivity contribution is 6.10. The van der Waals surface area contributed by atoms with E-state index in [9.17, 15) is 4.79 Å². The van der Waals surface area contributed by atoms with Gasteiger partial charge in [-0.3, -0.25) is 14.8 Å². The van der Waals surface area contributed by atoms with E-state index in [2.05, 4.69) is 20.3 Å². The van der Waals surface area contributed by atoms with Gasteiger partial charge in [0.15, 0.2) is 11.5 Å². The Morgan fingerprint density at radius 3 is 2.46 bits per heavy atom. The minimum atomic E-state index is -0.520. The van der Waals surface area contributed by atoms with Crippen LogP contribution in [0.25, 0.3) is 32.9 Å². The van der Waals surface area contributed by atoms with E-state index in [-0.39, 0.29) is 0 Å². The number of nitrogen functional groups attached to an aromatic ring is 1. The summed E-state index contributed by atoms with van der Waals surface area (Å²) in [6.45, 7) is 0. The lowest BCUT2D eigenvalue weighted by Crippen LogP contribution is -2.13. The number of rotatable bonds is 6. The first kappa shape index (κ1) is 21.9. The summed E-state index contributed by atoms with van der Waals surface area (Å²) in [6, 6.07) is 14.5. The molecular weight excluding hydrogens is 444 g/mol. The van der Waals surface area contributed by atoms with Crippen LogP contribution in [0.5, 0.6) is 11.5 Å². The van der Waals surface area contributed by atoms with Crippen molar-refractivity contribution in [2.24, 2.45) is 5.73 Å². The summed E-state index contributed by atoms with van der Waals surface area (Å²) >= 11 is 0. The molecule has 174 valence electrons. The summed E-state index contributed by atoms with van der Waals surface area (Å²) in [6.07, 6.45) is 5.06. The van der Waals surface area contributed by atoms with E-state index < -0.39 is 5.91 Å². The average molecular weight is 467 g/mol. The zero-order valence-corrected chi connectivity index (χ0v) is 19.1. The molecule has 35 heavy (non-hydrogen) atoms. The van der Waals surface area contributed by atoms with Crippen LogP contribution in [0.15, 0.2) is 67.1 Å². The van der Waals surface area contributed by atoms with E-state index >= 15 is 0 Å². The van der Waals surface area contributed by atoms with E-state index in [1.165, 1.54) is 0 Å². The number of amides is 1. The molecule has 2 aromatic carbocycles. The lowest BCUT2D eigenvalue weighted by Gasteiger charge is -2.13. The van der Waals surface area contributed by atoms with Gasteiger partial charge in [-0.15, -0.1) is 0 Å². The number of primary amides is 1. The summed E-state index contributed by atoms with van der Waals surface area (Å²) in [5, 5.41) is 5.66. The Balaban J connectivity index is 1.62. The van der Waals surface area contributed by atoms with Crippen LogP contribution in [0.3, 0.4) is 0 Å². The largest absolute Gasteiger partial charge is 0.493 e. The van der Waals surface area contributed by atoms with Gasteiger partial charge in [0, 0.05) is 34.8 Å². The smallest absolute Gasteiger partial charge is 0.250 e. The molecule has 1 amide bonds. The summed E-state index contributed by atoms with van der Waals surface area (Å²) in [4.78, 5) is 25.2. The predicted molar refractivity (Wildman–Crippen MR) is 136 cm³/mol. The van der Waals surface area contributed by atoms with Crippen molar-refractivity contribution < 1.29 is 14.3 Å². The maximum Gasteiger partial charge on any atom is 0.250 e. The molecule has 9 nitrogen and oxygen atoms in total. The number of nitrogens with one attached hydrogen (secondary N) is 1. The Hall–Kier alpha value is -4.92. The van der Waals surface area contributed by atoms with Crippen molar-refractivity contribution in [3.8, 4) is 22.8 Å². The Bertz CT molecular complexity index is 1600. The standard InChI is InChI=1S/C26H22N6O3/c1-34-23-9-18-17-8-21(32-25(27)19(17)13-30-22(18)10-24(23)35-2)14-7-15(12-29-11-14)31-20-6-4-3-5-16(20)26(28)33/h3-13,31H,1-2H3,(H2,27,32)(H2,28,33). The molecule has 0 atom stereocenters. The van der Waals surface area contributed by atoms with Crippen LogP contribution in [0.2, 0.25) is 0 Å². The zero-order valence-electron chi connectivity index (χ0n) is 19.1. The van der Waals surface area contributed by atoms with Gasteiger partial charge in [-0.25, -0.2) is 4.98 Å². The Morgan fingerprint density at radius 2 is 1.69 bits per heavy atom. The van der Waals surface area contributed by atoms with Gasteiger partial charge in [-0.1, -0.05) is 12.1 Å². The summed E-state index contributed by atoms with van der Waals surface area (Å²) in [5.74, 6) is 1.01. The molecule has 0 aliphatic carbocycles. The third-order valence-electron chi connectivity index (χ3n) is 5.72. The number of ether oxygens (including phenoxy) is 2. The molecule has 3 aromatic heterocycles. The number of pyridine rings is 3. The maximum atomic E-state index is 11.8. The minimum absolute atomic E-state index is 0.346. The first-order chi connectivity index (χ1) is 17.0. The monoisotopic (exact) mass is 466 g/mol. The SMILES string of the molecule is COc1cc2ncc3c(N)nc(-c4cncc(Nc5ccccc5C(N)=O)c4)cc3c2cc1OC. The van der Waals surface area contributed by atoms with Gasteiger partial charge in [0.05, 0.1) is 48.6 Å². The van der Waals surface area contributed by atoms with Crippen LogP contribution < -0.4 is 26.3 Å². The highest BCUT2D eigenvalue weighted by Gasteiger charge is 2.14. The van der Waals surface area contributed by atoms with Crippen LogP contribution >= 0.6 is 0 Å². The molecule has 9 heteroatoms. The molecule has 0 saturated heterocycles. The van der Waals surface area contributed by atoms with Crippen molar-refractivity contribution in [1.29, 1.82) is 0 Å². The first-order valence-corrected chi connectivity index (χ1v) is 10.7. The van der Waals surface area contributed by atoms with Gasteiger partial charge in [-0.2, -0.15) is 0 Å². The predicted octanol–water partition coefficient (Wildman–Crippen LogP) is 4.29. The second-order valence-electron chi connectivity index (χ2n) is 7.83. The molecule has 5 N–H and O–H groups in total. The third kappa shape index (κ3) is 3.99. The van der Waals surface area contributed by atoms with Gasteiger partial charge in [0.2, 0.25) is 0 Å². The molecule has 0 unspecified atom stereocenters. The molecule has 0 aliphatic rings. The molecule has 0 saturated carbocycles. The van der Waals surface area contributed by atoms with Crippen molar-refractivity contribution in [2.45, 2.75) is 0 Å². The Morgan fingerprint density at radius 1 is 0.914 bits per heavy atom. The fourth-order valence-electron chi connectivity index (χ4n) is 4.02. The lowest BCUT2D eigenvalue weighted by atomic mass is 10.0. The summed E-state index contributed by atoms with van der Waals surface area (Å²) < 4.78 is 10.9. The fourth-order valence-corrected chi connectivity index (χ4v) is 4.02. The summed E-state index contributed by atoms with van der Waals surface area (Å²) in [7, 11) is 3.17. The number of carbonyl (C=O) groups is 1. The molecule has 0 fully saturated rings. The fraction of sp³-hybridized carbons (Fsp3) is 0.0769. The number of benzene rings is 2. The number of nitrogens with zero attached hydrogens (tertiary/aromatic N) is 3. The number of hydrogen-bond donors (Lipinski definition) is 3. The van der Waals surface area contributed by atoms with Gasteiger partial charge in [-0.05, 0) is 35.7 Å². The van der Waals surface area contributed by atoms with Crippen molar-refractivity contribution in [3.05, 3.63) is 72.7 Å². The number of fused-ring (bicyclic) bond motifs is 3. The van der Waals surface area contributed by atoms with Gasteiger partial charge < -0.3 is 26.3 Å². The average Bonchev–Trinajstić information content (AvgIpc) is 2.88. The number of carbonyl (C=O) groups excluding carboxylic acids is 1. The molecular formula is C26H22N6O3. The summed E-state index contributed by atoms with van der Waals surface area (Å²) in [5.41, 5.74) is 15.6. The van der Waals surface area contributed by atoms with Crippen LogP contribution in [-0.2, 0) is 0 Å². The highest BCUT2D eigenvalue weighted by atomic mass is 16.5. The van der Waals surface area contributed by atoms with Crippen LogP contribution in [0.1, 0.15) is 10.4 Å². The van der Waals surface area contributed by atoms with E-state index in [4.69, 9.17) is 20.9 Å². The van der Waals surface area contributed by atoms with Crippen LogP contribution in [-0.4, -0.2) is 35.1 Å². The number of para-hydroxylation sites is 1. The molecule has 3 heterocycles. The molecule has 5 aromatic rings. The third-order valence-corrected chi connectivity index (χ3v) is 5.72. The van der Waals surface area contributed by atoms with Gasteiger partial charge in [0.25, 0.3) is 5.91 Å². The van der Waals surface area contributed by atoms with Gasteiger partial charge in [0.1, 0.15) is 5.82 Å². The first-order valence-electron chi connectivity index (χ1n) is 10.7. The molecule has 0 aliphatic heterocycles. The second kappa shape index (κ2) is 8.79. The second-order valence-corrected chi connectivity index (χ2v) is 7.83. The number of methoxy groups -OCH3 is 2. The molecule has 0 spiro atoms. The quantitative estimate of drug-likeness (QED) is 0.315. The highest BCUT2D eigenvalue weighted by Crippen LogP contribution is 2.37. The van der Waals surface area contributed by atoms with Crippen LogP contribution in [0.4, 0.5) is 17.2 Å². The Kier molecular flexibility index (Phi) is 5.50. The number of hydrogen-bond acceptors (Lipinski definition) is 8. The number of anilines is 3. The zero-order chi connectivity index (χ0) is 24.5. The molecule has 0 radical (unpaired) electrons. The van der Waals surface area contributed by atoms with Crippen molar-refractivity contribution in [2.75, 3.05) is 25.3 Å². The maximum absolute atomic E-state index is 11.8. The number of aromatic nitrogens is 3. The van der Waals surface area contributed by atoms with E-state index in [1.807, 2.05) is 30.3 Å². The van der Waals surface area contributed by atoms with Gasteiger partial charge >= 0.3 is 0 Å². The van der Waals surface area contributed by atoms with E-state index in [0.29, 0.717) is 39.9 Å². The lowest BCUT2D eigenvalue weighted by molar-refractivity contribution is 0.100. The van der Waals surface area contributed by atoms with Crippen molar-refractivity contribution >= 4 is 44.8 Å². The topological polar surface area (TPSA) is 138 Å². The molecule has 0 bridgehead atoms. The van der Waals surface area contributed by atoms with Crippen LogP contribution in [0, 0.1) is 0 Å². The van der Waals surface area contributed by atoms with Crippen molar-refractivity contribution in [3.63, 3.8) is 0 Å². The van der Waals surface area contributed by atoms with E-state index in [0.717, 1.165) is 27.2 Å². The number of nitrogens with two attached hydrogens (primary N) is 2. The minimum Gasteiger partial charge on any atom is -0.493 e. The van der Waals surface area contributed by atoms with E-state index in [1.54, 1.807) is 51.0 Å².